The Kier molecular flexibility index (Phi) is 3.81. The van der Waals surface area contributed by atoms with E-state index >= 15 is 0 Å². The van der Waals surface area contributed by atoms with Crippen LogP contribution in [0.15, 0.2) is 61.9 Å². The fourth-order valence-electron chi connectivity index (χ4n) is 2.62. The smallest absolute Gasteiger partial charge is 0.270 e. The highest BCUT2D eigenvalue weighted by Crippen LogP contribution is 2.28. The molecular weight excluding hydrogens is 372 g/mol. The number of nitrogens with zero attached hydrogens (tertiary/aromatic N) is 3. The predicted octanol–water partition coefficient (Wildman–Crippen LogP) is 1.24. The fourth-order valence-corrected chi connectivity index (χ4v) is 3.46. The second-order valence-corrected chi connectivity index (χ2v) is 6.56. The standard InChI is InChI=1S/C17H8N4O5S/c22-14-9-3-1-2-4-10(9)15(23)16(24)13(14)19-20-17-18-11-6-5-8(21(25)26)7-12(11)27-17/h1-7H,(H,18,20)/b19-13+. The van der Waals surface area contributed by atoms with Crippen LogP contribution in [0.25, 0.3) is 21.0 Å². The van der Waals surface area contributed by atoms with Gasteiger partial charge in [-0.2, -0.15) is 5.10 Å². The lowest BCUT2D eigenvalue weighted by Crippen LogP contribution is -2.48. The summed E-state index contributed by atoms with van der Waals surface area (Å²) in [6.45, 7) is 0. The zero-order valence-corrected chi connectivity index (χ0v) is 14.1. The van der Waals surface area contributed by atoms with E-state index in [0.29, 0.717) is 10.2 Å². The number of hydrogen-bond acceptors (Lipinski definition) is 9. The summed E-state index contributed by atoms with van der Waals surface area (Å²) in [6.07, 6.45) is 0. The van der Waals surface area contributed by atoms with Crippen LogP contribution in [0.3, 0.4) is 0 Å². The number of non-ortho nitro benzene ring substituents is 1. The van der Waals surface area contributed by atoms with Crippen molar-refractivity contribution in [2.45, 2.75) is 0 Å². The quantitative estimate of drug-likeness (QED) is 0.321. The minimum absolute atomic E-state index is 0.0544. The average molecular weight is 380 g/mol. The number of fused-ring (bicyclic) bond motifs is 2. The van der Waals surface area contributed by atoms with Gasteiger partial charge in [0.25, 0.3) is 11.1 Å². The molecule has 0 bridgehead atoms. The number of nitro benzene ring substituents is 1. The van der Waals surface area contributed by atoms with Crippen molar-refractivity contribution in [1.29, 1.82) is 0 Å². The maximum absolute atomic E-state index is 12.4. The maximum Gasteiger partial charge on any atom is 0.270 e. The minimum Gasteiger partial charge on any atom is -0.287 e. The molecule has 0 radical (unpaired) electrons. The topological polar surface area (TPSA) is 132 Å². The summed E-state index contributed by atoms with van der Waals surface area (Å²) in [5.74, 6) is 0. The van der Waals surface area contributed by atoms with Crippen molar-refractivity contribution in [3.63, 3.8) is 0 Å². The molecule has 132 valence electrons. The van der Waals surface area contributed by atoms with E-state index in [0.717, 1.165) is 11.3 Å². The van der Waals surface area contributed by atoms with Gasteiger partial charge in [0.2, 0.25) is 16.0 Å². The Labute approximate surface area is 152 Å². The lowest BCUT2D eigenvalue weighted by Gasteiger charge is -1.95. The summed E-state index contributed by atoms with van der Waals surface area (Å²) in [7, 11) is 0. The van der Waals surface area contributed by atoms with Gasteiger partial charge in [0.15, 0.2) is 5.36 Å². The lowest BCUT2D eigenvalue weighted by atomic mass is 10.1. The zero-order valence-electron chi connectivity index (χ0n) is 13.3. The van der Waals surface area contributed by atoms with Crippen molar-refractivity contribution < 1.29 is 4.92 Å². The van der Waals surface area contributed by atoms with Crippen molar-refractivity contribution in [2.24, 2.45) is 5.10 Å². The molecule has 0 atom stereocenters. The van der Waals surface area contributed by atoms with Crippen LogP contribution in [0.4, 0.5) is 10.8 Å². The molecule has 9 nitrogen and oxygen atoms in total. The highest BCUT2D eigenvalue weighted by atomic mass is 32.1. The SMILES string of the molecule is O=c1c(=O)c2ccccc2c(=O)/c1=N\Nc1nc2ccc([N+](=O)[O-])cc2s1. The first kappa shape index (κ1) is 16.7. The molecule has 0 aliphatic carbocycles. The molecule has 3 aromatic carbocycles. The number of hydrogen-bond donors (Lipinski definition) is 1. The van der Waals surface area contributed by atoms with Crippen LogP contribution in [0, 0.1) is 10.1 Å². The highest BCUT2D eigenvalue weighted by molar-refractivity contribution is 7.22. The first-order valence-electron chi connectivity index (χ1n) is 7.57. The Bertz CT molecular complexity index is 1450. The molecule has 0 spiro atoms. The van der Waals surface area contributed by atoms with Gasteiger partial charge in [0.05, 0.1) is 15.1 Å². The molecule has 0 saturated heterocycles. The van der Waals surface area contributed by atoms with E-state index in [1.807, 2.05) is 0 Å². The fraction of sp³-hybridized carbons (Fsp3) is 0. The summed E-state index contributed by atoms with van der Waals surface area (Å²) in [5, 5.41) is 14.5. The number of thiazole rings is 1. The molecule has 0 amide bonds. The molecule has 1 aromatic heterocycles. The lowest BCUT2D eigenvalue weighted by molar-refractivity contribution is -0.384. The number of nitrogens with one attached hydrogen (secondary N) is 1. The third-order valence-corrected chi connectivity index (χ3v) is 4.82. The minimum atomic E-state index is -0.997. The third kappa shape index (κ3) is 2.77. The first-order chi connectivity index (χ1) is 13.0. The molecular formula is C17H8N4O5S. The zero-order chi connectivity index (χ0) is 19.1. The molecule has 4 rings (SSSR count). The van der Waals surface area contributed by atoms with Gasteiger partial charge in [0, 0.05) is 22.9 Å². The molecule has 10 heteroatoms. The number of rotatable bonds is 3. The van der Waals surface area contributed by atoms with Gasteiger partial charge >= 0.3 is 0 Å². The van der Waals surface area contributed by atoms with Gasteiger partial charge in [0.1, 0.15) is 0 Å². The largest absolute Gasteiger partial charge is 0.287 e. The molecule has 1 heterocycles. The third-order valence-electron chi connectivity index (χ3n) is 3.90. The van der Waals surface area contributed by atoms with Crippen LogP contribution in [0.5, 0.6) is 0 Å². The molecule has 4 aromatic rings. The highest BCUT2D eigenvalue weighted by Gasteiger charge is 2.12. The number of anilines is 1. The monoisotopic (exact) mass is 380 g/mol. The molecule has 0 unspecified atom stereocenters. The van der Waals surface area contributed by atoms with E-state index in [2.05, 4.69) is 15.5 Å². The Hall–Kier alpha value is -3.79. The van der Waals surface area contributed by atoms with Crippen LogP contribution in [-0.4, -0.2) is 9.91 Å². The van der Waals surface area contributed by atoms with Crippen LogP contribution in [0.2, 0.25) is 0 Å². The molecule has 0 fully saturated rings. The normalized spacial score (nSPS) is 11.9. The van der Waals surface area contributed by atoms with Crippen molar-refractivity contribution in [2.75, 3.05) is 5.43 Å². The van der Waals surface area contributed by atoms with Crippen molar-refractivity contribution in [3.05, 3.63) is 88.6 Å². The second-order valence-electron chi connectivity index (χ2n) is 5.53. The Morgan fingerprint density at radius 1 is 1.00 bits per heavy atom. The Morgan fingerprint density at radius 3 is 2.41 bits per heavy atom. The maximum atomic E-state index is 12.4. The van der Waals surface area contributed by atoms with E-state index in [4.69, 9.17) is 0 Å². The average Bonchev–Trinajstić information content (AvgIpc) is 3.08. The van der Waals surface area contributed by atoms with Crippen molar-refractivity contribution in [3.8, 4) is 0 Å². The van der Waals surface area contributed by atoms with Gasteiger partial charge < -0.3 is 0 Å². The Balaban J connectivity index is 1.83. The summed E-state index contributed by atoms with van der Waals surface area (Å²) < 4.78 is 0.537. The number of nitro groups is 1. The Morgan fingerprint density at radius 2 is 1.70 bits per heavy atom. The summed E-state index contributed by atoms with van der Waals surface area (Å²) in [6, 6.07) is 10.2. The molecule has 0 aliphatic heterocycles. The predicted molar refractivity (Wildman–Crippen MR) is 101 cm³/mol. The summed E-state index contributed by atoms with van der Waals surface area (Å²) in [5.41, 5.74) is 0.462. The van der Waals surface area contributed by atoms with Crippen molar-refractivity contribution in [1.82, 2.24) is 4.98 Å². The summed E-state index contributed by atoms with van der Waals surface area (Å²) >= 11 is 1.07. The van der Waals surface area contributed by atoms with E-state index in [1.165, 1.54) is 30.3 Å². The van der Waals surface area contributed by atoms with E-state index in [1.54, 1.807) is 12.1 Å². The van der Waals surface area contributed by atoms with E-state index in [-0.39, 0.29) is 21.6 Å². The molecule has 0 saturated carbocycles. The van der Waals surface area contributed by atoms with Gasteiger partial charge in [-0.15, -0.1) is 0 Å². The molecule has 27 heavy (non-hydrogen) atoms. The van der Waals surface area contributed by atoms with Gasteiger partial charge in [-0.1, -0.05) is 35.6 Å². The van der Waals surface area contributed by atoms with Crippen LogP contribution in [-0.2, 0) is 0 Å². The first-order valence-corrected chi connectivity index (χ1v) is 8.39. The summed E-state index contributed by atoms with van der Waals surface area (Å²) in [4.78, 5) is 51.3. The second kappa shape index (κ2) is 6.18. The van der Waals surface area contributed by atoms with Crippen LogP contribution >= 0.6 is 11.3 Å². The van der Waals surface area contributed by atoms with Crippen molar-refractivity contribution >= 4 is 43.1 Å². The van der Waals surface area contributed by atoms with Gasteiger partial charge in [-0.05, 0) is 6.07 Å². The number of aromatic nitrogens is 1. The van der Waals surface area contributed by atoms with E-state index in [9.17, 15) is 24.5 Å². The van der Waals surface area contributed by atoms with Gasteiger partial charge in [-0.25, -0.2) is 4.98 Å². The molecule has 1 N–H and O–H groups in total. The number of benzene rings is 3. The molecule has 0 aliphatic rings. The van der Waals surface area contributed by atoms with Gasteiger partial charge in [-0.3, -0.25) is 29.9 Å². The van der Waals surface area contributed by atoms with Crippen LogP contribution < -0.4 is 27.1 Å². The van der Waals surface area contributed by atoms with E-state index < -0.39 is 26.6 Å². The van der Waals surface area contributed by atoms with Crippen LogP contribution in [0.1, 0.15) is 0 Å².